The van der Waals surface area contributed by atoms with Gasteiger partial charge in [0.25, 0.3) is 0 Å². The van der Waals surface area contributed by atoms with Crippen molar-refractivity contribution in [2.45, 2.75) is 20.3 Å². The number of aromatic nitrogens is 1. The van der Waals surface area contributed by atoms with Crippen LogP contribution in [0, 0.1) is 13.8 Å². The Hall–Kier alpha value is -2.08. The molecule has 0 fully saturated rings. The molecular formula is C21H18BrCl2N3O. The van der Waals surface area contributed by atoms with E-state index in [2.05, 4.69) is 26.5 Å². The zero-order chi connectivity index (χ0) is 20.3. The van der Waals surface area contributed by atoms with Crippen LogP contribution in [0.2, 0.25) is 10.0 Å². The average molecular weight is 479 g/mol. The third-order valence-electron chi connectivity index (χ3n) is 4.29. The molecule has 0 atom stereocenters. The molecular weight excluding hydrogens is 461 g/mol. The zero-order valence-corrected chi connectivity index (χ0v) is 18.4. The van der Waals surface area contributed by atoms with E-state index in [1.807, 2.05) is 54.8 Å². The van der Waals surface area contributed by atoms with Gasteiger partial charge >= 0.3 is 0 Å². The summed E-state index contributed by atoms with van der Waals surface area (Å²) in [5.74, 6) is -0.176. The summed E-state index contributed by atoms with van der Waals surface area (Å²) in [4.78, 5) is 12.1. The van der Waals surface area contributed by atoms with Gasteiger partial charge in [-0.1, -0.05) is 51.3 Å². The van der Waals surface area contributed by atoms with Crippen LogP contribution in [0.25, 0.3) is 5.69 Å². The smallest absolute Gasteiger partial charge is 0.244 e. The first-order chi connectivity index (χ1) is 13.3. The van der Waals surface area contributed by atoms with E-state index in [1.54, 1.807) is 18.3 Å². The normalized spacial score (nSPS) is 11.2. The predicted molar refractivity (Wildman–Crippen MR) is 119 cm³/mol. The molecule has 0 aliphatic rings. The molecule has 3 aromatic rings. The van der Waals surface area contributed by atoms with Crippen LogP contribution >= 0.6 is 39.1 Å². The molecule has 2 aromatic carbocycles. The monoisotopic (exact) mass is 477 g/mol. The lowest BCUT2D eigenvalue weighted by Gasteiger charge is -2.12. The molecule has 0 saturated heterocycles. The lowest BCUT2D eigenvalue weighted by atomic mass is 10.1. The molecule has 0 saturated carbocycles. The van der Waals surface area contributed by atoms with Crippen molar-refractivity contribution in [2.24, 2.45) is 5.10 Å². The average Bonchev–Trinajstić information content (AvgIpc) is 2.93. The van der Waals surface area contributed by atoms with E-state index in [0.29, 0.717) is 10.0 Å². The molecule has 1 amide bonds. The van der Waals surface area contributed by atoms with Gasteiger partial charge in [-0.3, -0.25) is 4.79 Å². The highest BCUT2D eigenvalue weighted by Gasteiger charge is 2.12. The molecule has 0 unspecified atom stereocenters. The van der Waals surface area contributed by atoms with Crippen LogP contribution < -0.4 is 5.43 Å². The second kappa shape index (κ2) is 8.95. The number of aryl methyl sites for hydroxylation is 1. The third kappa shape index (κ3) is 4.85. The number of nitrogens with zero attached hydrogens (tertiary/aromatic N) is 2. The summed E-state index contributed by atoms with van der Waals surface area (Å²) in [6, 6.07) is 14.9. The Bertz CT molecular complexity index is 1040. The first kappa shape index (κ1) is 20.6. The van der Waals surface area contributed by atoms with Gasteiger partial charge in [0, 0.05) is 26.4 Å². The Morgan fingerprint density at radius 2 is 1.86 bits per heavy atom. The van der Waals surface area contributed by atoms with E-state index in [1.165, 1.54) is 0 Å². The van der Waals surface area contributed by atoms with Gasteiger partial charge in [-0.2, -0.15) is 5.10 Å². The summed E-state index contributed by atoms with van der Waals surface area (Å²) < 4.78 is 2.99. The van der Waals surface area contributed by atoms with Gasteiger partial charge in [0.15, 0.2) is 0 Å². The molecule has 0 aliphatic heterocycles. The summed E-state index contributed by atoms with van der Waals surface area (Å²) in [5, 5.41) is 5.32. The summed E-state index contributed by atoms with van der Waals surface area (Å²) in [6.07, 6.45) is 1.90. The minimum Gasteiger partial charge on any atom is -0.316 e. The van der Waals surface area contributed by atoms with Crippen LogP contribution in [0.4, 0.5) is 0 Å². The summed E-state index contributed by atoms with van der Waals surface area (Å²) in [7, 11) is 0. The largest absolute Gasteiger partial charge is 0.316 e. The lowest BCUT2D eigenvalue weighted by Crippen LogP contribution is -2.19. The van der Waals surface area contributed by atoms with Crippen molar-refractivity contribution in [3.8, 4) is 5.69 Å². The molecule has 3 rings (SSSR count). The van der Waals surface area contributed by atoms with Crippen molar-refractivity contribution in [3.05, 3.63) is 85.6 Å². The molecule has 0 bridgehead atoms. The molecule has 0 radical (unpaired) electrons. The number of hydrogen-bond acceptors (Lipinski definition) is 2. The van der Waals surface area contributed by atoms with Gasteiger partial charge in [0.2, 0.25) is 5.91 Å². The SMILES string of the molecule is Cc1cc(/C=N/NC(=O)Cc2ccc(Br)cc2)c(C)n1-c1cc(Cl)ccc1Cl. The van der Waals surface area contributed by atoms with Crippen LogP contribution in [-0.4, -0.2) is 16.7 Å². The predicted octanol–water partition coefficient (Wildman–Crippen LogP) is 5.86. The molecule has 1 N–H and O–H groups in total. The van der Waals surface area contributed by atoms with Gasteiger partial charge in [0.05, 0.1) is 23.3 Å². The van der Waals surface area contributed by atoms with Crippen molar-refractivity contribution < 1.29 is 4.79 Å². The number of carbonyl (C=O) groups is 1. The van der Waals surface area contributed by atoms with E-state index < -0.39 is 0 Å². The fraction of sp³-hybridized carbons (Fsp3) is 0.143. The maximum atomic E-state index is 12.1. The number of nitrogens with one attached hydrogen (secondary N) is 1. The number of rotatable bonds is 5. The Morgan fingerprint density at radius 3 is 2.57 bits per heavy atom. The van der Waals surface area contributed by atoms with Crippen LogP contribution in [-0.2, 0) is 11.2 Å². The third-order valence-corrected chi connectivity index (χ3v) is 5.37. The van der Waals surface area contributed by atoms with Crippen molar-refractivity contribution in [1.29, 1.82) is 0 Å². The number of amides is 1. The van der Waals surface area contributed by atoms with E-state index >= 15 is 0 Å². The molecule has 0 spiro atoms. The number of halogens is 3. The number of hydrazone groups is 1. The van der Waals surface area contributed by atoms with Gasteiger partial charge < -0.3 is 4.57 Å². The second-order valence-electron chi connectivity index (χ2n) is 6.35. The molecule has 1 heterocycles. The van der Waals surface area contributed by atoms with E-state index in [9.17, 15) is 4.79 Å². The Kier molecular flexibility index (Phi) is 6.60. The number of benzene rings is 2. The molecule has 1 aromatic heterocycles. The number of carbonyl (C=O) groups excluding carboxylic acids is 1. The van der Waals surface area contributed by atoms with Crippen molar-refractivity contribution in [1.82, 2.24) is 9.99 Å². The Balaban J connectivity index is 1.73. The van der Waals surface area contributed by atoms with Crippen LogP contribution in [0.3, 0.4) is 0 Å². The maximum absolute atomic E-state index is 12.1. The van der Waals surface area contributed by atoms with Crippen molar-refractivity contribution in [2.75, 3.05) is 0 Å². The quantitative estimate of drug-likeness (QED) is 0.362. The van der Waals surface area contributed by atoms with Crippen LogP contribution in [0.5, 0.6) is 0 Å². The molecule has 28 heavy (non-hydrogen) atoms. The second-order valence-corrected chi connectivity index (χ2v) is 8.11. The molecule has 4 nitrogen and oxygen atoms in total. The van der Waals surface area contributed by atoms with Crippen LogP contribution in [0.15, 0.2) is 58.1 Å². The Labute approximate surface area is 182 Å². The van der Waals surface area contributed by atoms with Crippen molar-refractivity contribution >= 4 is 51.3 Å². The minimum atomic E-state index is -0.176. The maximum Gasteiger partial charge on any atom is 0.244 e. The van der Waals surface area contributed by atoms with Gasteiger partial charge in [-0.05, 0) is 55.8 Å². The Morgan fingerprint density at radius 1 is 1.14 bits per heavy atom. The summed E-state index contributed by atoms with van der Waals surface area (Å²) in [5.41, 5.74) is 7.13. The zero-order valence-electron chi connectivity index (χ0n) is 15.3. The first-order valence-electron chi connectivity index (χ1n) is 8.56. The van der Waals surface area contributed by atoms with Gasteiger partial charge in [-0.25, -0.2) is 5.43 Å². The fourth-order valence-electron chi connectivity index (χ4n) is 2.95. The summed E-state index contributed by atoms with van der Waals surface area (Å²) in [6.45, 7) is 3.95. The van der Waals surface area contributed by atoms with Crippen LogP contribution in [0.1, 0.15) is 22.5 Å². The van der Waals surface area contributed by atoms with Crippen molar-refractivity contribution in [3.63, 3.8) is 0 Å². The lowest BCUT2D eigenvalue weighted by molar-refractivity contribution is -0.120. The topological polar surface area (TPSA) is 46.4 Å². The number of hydrogen-bond donors (Lipinski definition) is 1. The fourth-order valence-corrected chi connectivity index (χ4v) is 3.58. The highest BCUT2D eigenvalue weighted by Crippen LogP contribution is 2.28. The highest BCUT2D eigenvalue weighted by molar-refractivity contribution is 9.10. The van der Waals surface area contributed by atoms with Gasteiger partial charge in [-0.15, -0.1) is 0 Å². The minimum absolute atomic E-state index is 0.176. The molecule has 144 valence electrons. The van der Waals surface area contributed by atoms with Gasteiger partial charge in [0.1, 0.15) is 0 Å². The van der Waals surface area contributed by atoms with E-state index in [0.717, 1.165) is 32.7 Å². The van der Waals surface area contributed by atoms with E-state index in [-0.39, 0.29) is 12.3 Å². The van der Waals surface area contributed by atoms with E-state index in [4.69, 9.17) is 23.2 Å². The molecule has 7 heteroatoms. The molecule has 0 aliphatic carbocycles. The first-order valence-corrected chi connectivity index (χ1v) is 10.1. The standard InChI is InChI=1S/C21H18BrCl2N3O/c1-13-9-16(14(2)27(13)20-11-18(23)7-8-19(20)24)12-25-26-21(28)10-15-3-5-17(22)6-4-15/h3-9,11-12H,10H2,1-2H3,(H,26,28)/b25-12+. The summed E-state index contributed by atoms with van der Waals surface area (Å²) >= 11 is 15.8. The highest BCUT2D eigenvalue weighted by atomic mass is 79.9.